The molecule has 0 saturated carbocycles. The van der Waals surface area contributed by atoms with Gasteiger partial charge < -0.3 is 24.6 Å². The van der Waals surface area contributed by atoms with Crippen LogP contribution in [0.4, 0.5) is 14.5 Å². The van der Waals surface area contributed by atoms with Crippen LogP contribution in [-0.4, -0.2) is 73.5 Å². The van der Waals surface area contributed by atoms with Crippen LogP contribution in [0.1, 0.15) is 44.9 Å². The molecule has 3 amide bonds. The Hall–Kier alpha value is -4.31. The summed E-state index contributed by atoms with van der Waals surface area (Å²) in [4.78, 5) is 43.0. The minimum atomic E-state index is -0.461. The lowest BCUT2D eigenvalue weighted by Crippen LogP contribution is -2.48. The van der Waals surface area contributed by atoms with Gasteiger partial charge in [-0.1, -0.05) is 6.92 Å². The molecule has 1 N–H and O–H groups in total. The number of benzene rings is 3. The number of rotatable bonds is 4. The predicted molar refractivity (Wildman–Crippen MR) is 150 cm³/mol. The van der Waals surface area contributed by atoms with Gasteiger partial charge in [-0.2, -0.15) is 0 Å². The van der Waals surface area contributed by atoms with Crippen molar-refractivity contribution in [1.29, 1.82) is 0 Å². The number of hydrogen-bond acceptors (Lipinski definition) is 5. The molecule has 41 heavy (non-hydrogen) atoms. The Labute approximate surface area is 237 Å². The molecular weight excluding hydrogens is 532 g/mol. The molecule has 0 spiro atoms. The van der Waals surface area contributed by atoms with Crippen LogP contribution in [0, 0.1) is 17.6 Å². The van der Waals surface area contributed by atoms with Crippen molar-refractivity contribution in [3.05, 3.63) is 95.1 Å². The Bertz CT molecular complexity index is 1400. The summed E-state index contributed by atoms with van der Waals surface area (Å²) in [5.41, 5.74) is 1.18. The summed E-state index contributed by atoms with van der Waals surface area (Å²) in [7, 11) is 3.20. The highest BCUT2D eigenvalue weighted by Gasteiger charge is 2.31. The van der Waals surface area contributed by atoms with Crippen molar-refractivity contribution in [3.63, 3.8) is 0 Å². The summed E-state index contributed by atoms with van der Waals surface area (Å²) in [6.07, 6.45) is -0.398. The molecule has 0 fully saturated rings. The van der Waals surface area contributed by atoms with Gasteiger partial charge in [0.2, 0.25) is 0 Å². The van der Waals surface area contributed by atoms with E-state index >= 15 is 0 Å². The fourth-order valence-electron chi connectivity index (χ4n) is 4.70. The Morgan fingerprint density at radius 1 is 0.927 bits per heavy atom. The molecule has 0 bridgehead atoms. The van der Waals surface area contributed by atoms with Gasteiger partial charge in [0.05, 0.1) is 17.7 Å². The molecule has 0 aromatic heterocycles. The summed E-state index contributed by atoms with van der Waals surface area (Å²) in [5.74, 6) is -1.84. The number of nitrogens with zero attached hydrogens (tertiary/aromatic N) is 2. The van der Waals surface area contributed by atoms with Crippen LogP contribution in [0.15, 0.2) is 66.7 Å². The summed E-state index contributed by atoms with van der Waals surface area (Å²) >= 11 is 0. The third-order valence-electron chi connectivity index (χ3n) is 7.16. The van der Waals surface area contributed by atoms with Crippen LogP contribution < -0.4 is 10.1 Å². The predicted octanol–water partition coefficient (Wildman–Crippen LogP) is 4.86. The Kier molecular flexibility index (Phi) is 9.34. The maximum atomic E-state index is 13.6. The lowest BCUT2D eigenvalue weighted by Gasteiger charge is -2.36. The highest BCUT2D eigenvalue weighted by molar-refractivity contribution is 6.05. The largest absolute Gasteiger partial charge is 0.491 e. The molecule has 1 aliphatic rings. The Morgan fingerprint density at radius 2 is 1.54 bits per heavy atom. The minimum Gasteiger partial charge on any atom is -0.491 e. The van der Waals surface area contributed by atoms with E-state index in [1.807, 2.05) is 13.8 Å². The van der Waals surface area contributed by atoms with Gasteiger partial charge in [0, 0.05) is 50.0 Å². The highest BCUT2D eigenvalue weighted by atomic mass is 19.1. The van der Waals surface area contributed by atoms with Crippen LogP contribution >= 0.6 is 0 Å². The number of anilines is 1. The summed E-state index contributed by atoms with van der Waals surface area (Å²) < 4.78 is 38.6. The minimum absolute atomic E-state index is 0.0720. The number of carbonyl (C=O) groups is 3. The average Bonchev–Trinajstić information content (AvgIpc) is 2.97. The molecule has 3 aromatic rings. The smallest absolute Gasteiger partial charge is 0.257 e. The quantitative estimate of drug-likeness (QED) is 0.488. The number of fused-ring (bicyclic) bond motifs is 1. The highest BCUT2D eigenvalue weighted by Crippen LogP contribution is 2.27. The van der Waals surface area contributed by atoms with Crippen molar-refractivity contribution in [1.82, 2.24) is 9.80 Å². The number of likely N-dealkylation sites (N-methyl/N-ethyl adjacent to an activating group) is 1. The van der Waals surface area contributed by atoms with Gasteiger partial charge in [0.15, 0.2) is 0 Å². The Balaban J connectivity index is 1.65. The van der Waals surface area contributed by atoms with E-state index in [0.717, 1.165) is 0 Å². The number of hydrogen-bond donors (Lipinski definition) is 1. The zero-order valence-electron chi connectivity index (χ0n) is 23.4. The molecule has 1 aliphatic heterocycles. The van der Waals surface area contributed by atoms with E-state index < -0.39 is 29.7 Å². The van der Waals surface area contributed by atoms with Gasteiger partial charge in [0.25, 0.3) is 17.7 Å². The van der Waals surface area contributed by atoms with Crippen LogP contribution in [0.2, 0.25) is 0 Å². The average molecular weight is 566 g/mol. The lowest BCUT2D eigenvalue weighted by atomic mass is 10.0. The molecule has 216 valence electrons. The van der Waals surface area contributed by atoms with Gasteiger partial charge in [-0.15, -0.1) is 0 Å². The molecule has 10 heteroatoms. The SMILES string of the molecule is CO[C@H]1CN(C)C(=O)c2cc(NC(=O)c3ccc(F)cc3)ccc2OC[C@H](C)N(C(=O)c2ccc(F)cc2)C[C@@H]1C. The normalized spacial score (nSPS) is 19.9. The van der Waals surface area contributed by atoms with Crippen molar-refractivity contribution in [3.8, 4) is 5.75 Å². The molecule has 8 nitrogen and oxygen atoms in total. The van der Waals surface area contributed by atoms with Gasteiger partial charge in [-0.3, -0.25) is 14.4 Å². The fraction of sp³-hybridized carbons (Fsp3) is 0.323. The van der Waals surface area contributed by atoms with Crippen molar-refractivity contribution in [2.45, 2.75) is 26.0 Å². The third-order valence-corrected chi connectivity index (χ3v) is 7.16. The van der Waals surface area contributed by atoms with Gasteiger partial charge in [-0.25, -0.2) is 8.78 Å². The number of carbonyl (C=O) groups excluding carboxylic acids is 3. The second-order valence-corrected chi connectivity index (χ2v) is 10.2. The van der Waals surface area contributed by atoms with E-state index in [4.69, 9.17) is 9.47 Å². The van der Waals surface area contributed by atoms with Crippen molar-refractivity contribution in [2.24, 2.45) is 5.92 Å². The Morgan fingerprint density at radius 3 is 2.15 bits per heavy atom. The fourth-order valence-corrected chi connectivity index (χ4v) is 4.70. The maximum Gasteiger partial charge on any atom is 0.257 e. The van der Waals surface area contributed by atoms with Crippen molar-refractivity contribution < 1.29 is 32.6 Å². The molecule has 0 radical (unpaired) electrons. The van der Waals surface area contributed by atoms with E-state index in [-0.39, 0.29) is 47.8 Å². The van der Waals surface area contributed by atoms with Gasteiger partial charge >= 0.3 is 0 Å². The first-order chi connectivity index (χ1) is 19.6. The number of methoxy groups -OCH3 is 1. The van der Waals surface area contributed by atoms with Crippen molar-refractivity contribution >= 4 is 23.4 Å². The van der Waals surface area contributed by atoms with Crippen LogP contribution in [-0.2, 0) is 4.74 Å². The van der Waals surface area contributed by atoms with E-state index in [1.54, 1.807) is 31.2 Å². The zero-order valence-corrected chi connectivity index (χ0v) is 23.4. The molecule has 4 rings (SSSR count). The topological polar surface area (TPSA) is 88.2 Å². The summed E-state index contributed by atoms with van der Waals surface area (Å²) in [6, 6.07) is 14.8. The molecule has 3 aromatic carbocycles. The van der Waals surface area contributed by atoms with E-state index in [0.29, 0.717) is 17.8 Å². The molecule has 0 saturated heterocycles. The molecule has 0 aliphatic carbocycles. The second-order valence-electron chi connectivity index (χ2n) is 10.2. The monoisotopic (exact) mass is 565 g/mol. The standard InChI is InChI=1S/C31H33F2N3O5/c1-19-16-36(30(38)22-7-11-24(33)12-8-22)20(2)18-41-27-14-13-25(34-29(37)21-5-9-23(32)10-6-21)15-26(27)31(39)35(3)17-28(19)40-4/h5-15,19-20,28H,16-18H2,1-4H3,(H,34,37)/t19-,20-,28-/m0/s1. The zero-order chi connectivity index (χ0) is 29.7. The molecular formula is C31H33F2N3O5. The van der Waals surface area contributed by atoms with Gasteiger partial charge in [-0.05, 0) is 73.7 Å². The van der Waals surface area contributed by atoms with Crippen LogP contribution in [0.3, 0.4) is 0 Å². The number of amides is 3. The third kappa shape index (κ3) is 7.07. The number of nitrogens with one attached hydrogen (secondary N) is 1. The van der Waals surface area contributed by atoms with E-state index in [2.05, 4.69) is 5.32 Å². The number of ether oxygens (including phenoxy) is 2. The van der Waals surface area contributed by atoms with E-state index in [9.17, 15) is 23.2 Å². The maximum absolute atomic E-state index is 13.6. The summed E-state index contributed by atoms with van der Waals surface area (Å²) in [5, 5.41) is 2.74. The molecule has 3 atom stereocenters. The molecule has 1 heterocycles. The first-order valence-corrected chi connectivity index (χ1v) is 13.3. The first-order valence-electron chi connectivity index (χ1n) is 13.3. The first kappa shape index (κ1) is 29.7. The van der Waals surface area contributed by atoms with Crippen LogP contribution in [0.25, 0.3) is 0 Å². The van der Waals surface area contributed by atoms with Crippen molar-refractivity contribution in [2.75, 3.05) is 39.2 Å². The van der Waals surface area contributed by atoms with Crippen LogP contribution in [0.5, 0.6) is 5.75 Å². The number of halogens is 2. The van der Waals surface area contributed by atoms with Gasteiger partial charge in [0.1, 0.15) is 24.0 Å². The van der Waals surface area contributed by atoms with E-state index in [1.165, 1.54) is 59.5 Å². The second kappa shape index (κ2) is 12.9. The molecule has 0 unspecified atom stereocenters. The lowest BCUT2D eigenvalue weighted by molar-refractivity contribution is 0.0111. The summed E-state index contributed by atoms with van der Waals surface area (Å²) in [6.45, 7) is 4.40.